The van der Waals surface area contributed by atoms with Gasteiger partial charge in [-0.25, -0.2) is 4.39 Å². The molecule has 1 aromatic rings. The molecule has 1 atom stereocenters. The number of aliphatic carboxylic acids is 1. The third kappa shape index (κ3) is 2.80. The molecular weight excluding hydrogens is 243 g/mol. The summed E-state index contributed by atoms with van der Waals surface area (Å²) in [4.78, 5) is 20.7. The van der Waals surface area contributed by atoms with Gasteiger partial charge < -0.3 is 10.8 Å². The number of hydrogen-bond acceptors (Lipinski definition) is 4. The minimum Gasteiger partial charge on any atom is -0.481 e. The maximum atomic E-state index is 13.7. The van der Waals surface area contributed by atoms with E-state index in [0.29, 0.717) is 0 Å². The summed E-state index contributed by atoms with van der Waals surface area (Å²) in [7, 11) is 0. The van der Waals surface area contributed by atoms with E-state index in [1.807, 2.05) is 0 Å². The van der Waals surface area contributed by atoms with Crippen molar-refractivity contribution in [1.82, 2.24) is 0 Å². The number of hydrogen-bond donors (Lipinski definition) is 2. The van der Waals surface area contributed by atoms with Gasteiger partial charge in [0.1, 0.15) is 5.82 Å². The van der Waals surface area contributed by atoms with Gasteiger partial charge in [0, 0.05) is 17.7 Å². The fourth-order valence-electron chi connectivity index (χ4n) is 1.69. The zero-order valence-electron chi connectivity index (χ0n) is 9.72. The van der Waals surface area contributed by atoms with Crippen LogP contribution in [0, 0.1) is 15.9 Å². The Bertz CT molecular complexity index is 492. The van der Waals surface area contributed by atoms with Gasteiger partial charge in [-0.05, 0) is 12.5 Å². The molecule has 0 spiro atoms. The zero-order chi connectivity index (χ0) is 13.9. The lowest BCUT2D eigenvalue weighted by Crippen LogP contribution is -2.39. The average Bonchev–Trinajstić information content (AvgIpc) is 2.28. The van der Waals surface area contributed by atoms with E-state index < -0.39 is 28.7 Å². The number of non-ortho nitro benzene ring substituents is 1. The molecule has 98 valence electrons. The molecule has 0 unspecified atom stereocenters. The van der Waals surface area contributed by atoms with Crippen LogP contribution >= 0.6 is 0 Å². The third-order valence-electron chi connectivity index (χ3n) is 2.79. The molecule has 18 heavy (non-hydrogen) atoms. The van der Waals surface area contributed by atoms with Crippen LogP contribution in [0.1, 0.15) is 25.3 Å². The highest BCUT2D eigenvalue weighted by atomic mass is 19.1. The molecule has 0 heterocycles. The normalized spacial score (nSPS) is 13.9. The standard InChI is InChI=1S/C11H13FN2O4/c1-2-11(13,6-10(15)16)8-5-7(14(17)18)3-4-9(8)12/h3-5H,2,6,13H2,1H3,(H,15,16)/t11-/m0/s1. The summed E-state index contributed by atoms with van der Waals surface area (Å²) >= 11 is 0. The first-order valence-corrected chi connectivity index (χ1v) is 5.25. The molecular formula is C11H13FN2O4. The lowest BCUT2D eigenvalue weighted by atomic mass is 9.84. The molecule has 0 radical (unpaired) electrons. The SMILES string of the molecule is CC[C@](N)(CC(=O)O)c1cc([N+](=O)[O-])ccc1F. The van der Waals surface area contributed by atoms with Crippen LogP contribution in [-0.4, -0.2) is 16.0 Å². The van der Waals surface area contributed by atoms with Crippen LogP contribution in [-0.2, 0) is 10.3 Å². The summed E-state index contributed by atoms with van der Waals surface area (Å²) in [6.45, 7) is 1.60. The van der Waals surface area contributed by atoms with Crippen LogP contribution in [0.5, 0.6) is 0 Å². The molecule has 0 saturated carbocycles. The highest BCUT2D eigenvalue weighted by molar-refractivity contribution is 5.69. The van der Waals surface area contributed by atoms with Crippen LogP contribution in [0.4, 0.5) is 10.1 Å². The predicted octanol–water partition coefficient (Wildman–Crippen LogP) is 1.77. The maximum Gasteiger partial charge on any atom is 0.305 e. The van der Waals surface area contributed by atoms with Gasteiger partial charge in [0.2, 0.25) is 0 Å². The number of benzene rings is 1. The topological polar surface area (TPSA) is 106 Å². The van der Waals surface area contributed by atoms with E-state index >= 15 is 0 Å². The summed E-state index contributed by atoms with van der Waals surface area (Å²) in [5.74, 6) is -1.93. The van der Waals surface area contributed by atoms with Crippen LogP contribution in [0.2, 0.25) is 0 Å². The predicted molar refractivity (Wildman–Crippen MR) is 61.5 cm³/mol. The molecule has 0 aliphatic carbocycles. The number of nitrogens with zero attached hydrogens (tertiary/aromatic N) is 1. The second-order valence-corrected chi connectivity index (χ2v) is 4.00. The van der Waals surface area contributed by atoms with Crippen LogP contribution in [0.3, 0.4) is 0 Å². The molecule has 0 aliphatic heterocycles. The number of carboxylic acids is 1. The first kappa shape index (κ1) is 14.0. The van der Waals surface area contributed by atoms with Crippen molar-refractivity contribution in [1.29, 1.82) is 0 Å². The summed E-state index contributed by atoms with van der Waals surface area (Å²) in [6, 6.07) is 2.92. The second-order valence-electron chi connectivity index (χ2n) is 4.00. The summed E-state index contributed by atoms with van der Waals surface area (Å²) in [5.41, 5.74) is 3.92. The number of carbonyl (C=O) groups is 1. The quantitative estimate of drug-likeness (QED) is 0.616. The van der Waals surface area contributed by atoms with Crippen LogP contribution < -0.4 is 5.73 Å². The van der Waals surface area contributed by atoms with Gasteiger partial charge in [0.15, 0.2) is 0 Å². The number of halogens is 1. The maximum absolute atomic E-state index is 13.7. The van der Waals surface area contributed by atoms with E-state index in [-0.39, 0.29) is 17.7 Å². The molecule has 3 N–H and O–H groups in total. The molecule has 0 fully saturated rings. The minimum absolute atomic E-state index is 0.150. The van der Waals surface area contributed by atoms with Gasteiger partial charge in [0.05, 0.1) is 16.9 Å². The first-order chi connectivity index (χ1) is 8.30. The summed E-state index contributed by atoms with van der Waals surface area (Å²) < 4.78 is 13.7. The number of nitro groups is 1. The van der Waals surface area contributed by atoms with Crippen molar-refractivity contribution in [2.75, 3.05) is 0 Å². The van der Waals surface area contributed by atoms with E-state index in [1.54, 1.807) is 6.92 Å². The lowest BCUT2D eigenvalue weighted by Gasteiger charge is -2.27. The Morgan fingerprint density at radius 3 is 2.67 bits per heavy atom. The zero-order valence-corrected chi connectivity index (χ0v) is 9.72. The largest absolute Gasteiger partial charge is 0.481 e. The van der Waals surface area contributed by atoms with Gasteiger partial charge in [-0.2, -0.15) is 0 Å². The Hall–Kier alpha value is -2.02. The summed E-state index contributed by atoms with van der Waals surface area (Å²) in [6.07, 6.45) is -0.348. The van der Waals surface area contributed by atoms with Crippen molar-refractivity contribution in [3.05, 3.63) is 39.7 Å². The first-order valence-electron chi connectivity index (χ1n) is 5.25. The van der Waals surface area contributed by atoms with Crippen molar-refractivity contribution in [3.8, 4) is 0 Å². The molecule has 6 nitrogen and oxygen atoms in total. The Kier molecular flexibility index (Phi) is 3.97. The minimum atomic E-state index is -1.46. The van der Waals surface area contributed by atoms with Gasteiger partial charge >= 0.3 is 5.97 Å². The third-order valence-corrected chi connectivity index (χ3v) is 2.79. The molecule has 7 heteroatoms. The highest BCUT2D eigenvalue weighted by Crippen LogP contribution is 2.30. The molecule has 0 aliphatic rings. The lowest BCUT2D eigenvalue weighted by molar-refractivity contribution is -0.385. The summed E-state index contributed by atoms with van der Waals surface area (Å²) in [5, 5.41) is 19.4. The molecule has 0 amide bonds. The van der Waals surface area contributed by atoms with Crippen molar-refractivity contribution < 1.29 is 19.2 Å². The van der Waals surface area contributed by atoms with Gasteiger partial charge in [0.25, 0.3) is 5.69 Å². The van der Waals surface area contributed by atoms with E-state index in [2.05, 4.69) is 0 Å². The smallest absolute Gasteiger partial charge is 0.305 e. The Balaban J connectivity index is 3.31. The van der Waals surface area contributed by atoms with E-state index in [9.17, 15) is 19.3 Å². The number of carboxylic acid groups (broad SMARTS) is 1. The van der Waals surface area contributed by atoms with Crippen molar-refractivity contribution in [2.45, 2.75) is 25.3 Å². The molecule has 0 bridgehead atoms. The van der Waals surface area contributed by atoms with Gasteiger partial charge in [-0.15, -0.1) is 0 Å². The Morgan fingerprint density at radius 2 is 2.22 bits per heavy atom. The molecule has 0 aromatic heterocycles. The molecule has 1 rings (SSSR count). The monoisotopic (exact) mass is 256 g/mol. The van der Waals surface area contributed by atoms with Gasteiger partial charge in [-0.3, -0.25) is 14.9 Å². The second kappa shape index (κ2) is 5.09. The van der Waals surface area contributed by atoms with Crippen molar-refractivity contribution >= 4 is 11.7 Å². The van der Waals surface area contributed by atoms with E-state index in [1.165, 1.54) is 0 Å². The number of nitrogens with two attached hydrogens (primary N) is 1. The highest BCUT2D eigenvalue weighted by Gasteiger charge is 2.32. The average molecular weight is 256 g/mol. The number of rotatable bonds is 5. The Labute approximate surface area is 102 Å². The van der Waals surface area contributed by atoms with Crippen LogP contribution in [0.25, 0.3) is 0 Å². The number of nitro benzene ring substituents is 1. The van der Waals surface area contributed by atoms with Crippen molar-refractivity contribution in [3.63, 3.8) is 0 Å². The fraction of sp³-hybridized carbons (Fsp3) is 0.364. The molecule has 1 aromatic carbocycles. The Morgan fingerprint density at radius 1 is 1.61 bits per heavy atom. The van der Waals surface area contributed by atoms with Gasteiger partial charge in [-0.1, -0.05) is 6.92 Å². The van der Waals surface area contributed by atoms with E-state index in [4.69, 9.17) is 10.8 Å². The fourth-order valence-corrected chi connectivity index (χ4v) is 1.69. The van der Waals surface area contributed by atoms with Crippen molar-refractivity contribution in [2.24, 2.45) is 5.73 Å². The van der Waals surface area contributed by atoms with E-state index in [0.717, 1.165) is 18.2 Å². The van der Waals surface area contributed by atoms with Crippen LogP contribution in [0.15, 0.2) is 18.2 Å². The molecule has 0 saturated heterocycles.